The number of nitrogens with one attached hydrogen (secondary N) is 1. The van der Waals surface area contributed by atoms with E-state index >= 15 is 0 Å². The maximum absolute atomic E-state index is 13.3. The van der Waals surface area contributed by atoms with E-state index in [1.807, 2.05) is 23.1 Å². The zero-order valence-corrected chi connectivity index (χ0v) is 21.3. The summed E-state index contributed by atoms with van der Waals surface area (Å²) in [6.07, 6.45) is 9.14. The number of nitrogens with zero attached hydrogens (tertiary/aromatic N) is 3. The van der Waals surface area contributed by atoms with Crippen molar-refractivity contribution in [2.45, 2.75) is 45.6 Å². The topological polar surface area (TPSA) is 65.1 Å². The van der Waals surface area contributed by atoms with Crippen LogP contribution < -0.4 is 10.1 Å². The van der Waals surface area contributed by atoms with E-state index in [1.165, 1.54) is 12.8 Å². The van der Waals surface area contributed by atoms with E-state index in [0.29, 0.717) is 32.7 Å². The lowest BCUT2D eigenvalue weighted by Gasteiger charge is -2.38. The molecule has 0 saturated carbocycles. The Balaban J connectivity index is 1.40. The minimum Gasteiger partial charge on any atom is -0.489 e. The molecule has 0 spiro atoms. The predicted octanol–water partition coefficient (Wildman–Crippen LogP) is 2.91. The van der Waals surface area contributed by atoms with Crippen molar-refractivity contribution in [2.24, 2.45) is 11.8 Å². The molecule has 2 bridgehead atoms. The second kappa shape index (κ2) is 13.1. The summed E-state index contributed by atoms with van der Waals surface area (Å²) in [5.41, 5.74) is 1.11. The Labute approximate surface area is 210 Å². The van der Waals surface area contributed by atoms with Gasteiger partial charge >= 0.3 is 0 Å². The summed E-state index contributed by atoms with van der Waals surface area (Å²) in [5.74, 6) is 1.59. The van der Waals surface area contributed by atoms with Gasteiger partial charge in [-0.05, 0) is 63.2 Å². The van der Waals surface area contributed by atoms with Crippen molar-refractivity contribution in [2.75, 3.05) is 59.0 Å². The summed E-state index contributed by atoms with van der Waals surface area (Å²) in [6, 6.07) is 8.11. The molecule has 0 aliphatic carbocycles. The van der Waals surface area contributed by atoms with E-state index in [4.69, 9.17) is 4.74 Å². The molecule has 3 heterocycles. The van der Waals surface area contributed by atoms with Gasteiger partial charge in [-0.25, -0.2) is 0 Å². The van der Waals surface area contributed by atoms with Crippen LogP contribution in [0.5, 0.6) is 5.75 Å². The molecular weight excluding hydrogens is 440 g/mol. The fraction of sp³-hybridized carbons (Fsp3) is 0.643. The number of ether oxygens (including phenoxy) is 1. The molecule has 0 radical (unpaired) electrons. The maximum atomic E-state index is 13.3. The minimum atomic E-state index is 0.129. The average Bonchev–Trinajstić information content (AvgIpc) is 3.37. The van der Waals surface area contributed by atoms with Crippen molar-refractivity contribution in [1.29, 1.82) is 0 Å². The van der Waals surface area contributed by atoms with Crippen LogP contribution in [-0.4, -0.2) is 85.5 Å². The third kappa shape index (κ3) is 7.55. The Bertz CT molecular complexity index is 868. The van der Waals surface area contributed by atoms with Gasteiger partial charge in [-0.2, -0.15) is 0 Å². The molecule has 192 valence electrons. The van der Waals surface area contributed by atoms with Crippen molar-refractivity contribution < 1.29 is 14.3 Å². The highest BCUT2D eigenvalue weighted by Crippen LogP contribution is 2.29. The number of likely N-dealkylation sites (tertiary alicyclic amines) is 1. The van der Waals surface area contributed by atoms with Crippen LogP contribution in [0.3, 0.4) is 0 Å². The molecule has 2 fully saturated rings. The summed E-state index contributed by atoms with van der Waals surface area (Å²) in [7, 11) is 0. The van der Waals surface area contributed by atoms with Crippen LogP contribution in [0, 0.1) is 11.8 Å². The van der Waals surface area contributed by atoms with Gasteiger partial charge in [0, 0.05) is 44.7 Å². The minimum absolute atomic E-state index is 0.129. The van der Waals surface area contributed by atoms with E-state index in [9.17, 15) is 9.59 Å². The van der Waals surface area contributed by atoms with Gasteiger partial charge in [0.25, 0.3) is 0 Å². The Kier molecular flexibility index (Phi) is 9.60. The first-order chi connectivity index (χ1) is 17.1. The molecule has 3 aliphatic heterocycles. The molecule has 2 atom stereocenters. The number of carbonyl (C=O) groups excluding carboxylic acids is 2. The third-order valence-electron chi connectivity index (χ3n) is 7.54. The maximum Gasteiger partial charge on any atom is 0.236 e. The van der Waals surface area contributed by atoms with Crippen LogP contribution >= 0.6 is 0 Å². The Hall–Kier alpha value is -2.38. The summed E-state index contributed by atoms with van der Waals surface area (Å²) >= 11 is 0. The second-order valence-corrected chi connectivity index (χ2v) is 10.2. The van der Waals surface area contributed by atoms with Crippen molar-refractivity contribution in [3.63, 3.8) is 0 Å². The molecule has 35 heavy (non-hydrogen) atoms. The number of para-hydroxylation sites is 1. The van der Waals surface area contributed by atoms with Gasteiger partial charge in [0.2, 0.25) is 11.8 Å². The number of hydrogen-bond acceptors (Lipinski definition) is 5. The van der Waals surface area contributed by atoms with Crippen LogP contribution in [0.25, 0.3) is 0 Å². The molecular formula is C28H42N4O3. The first-order valence-corrected chi connectivity index (χ1v) is 13.5. The molecule has 0 aromatic heterocycles. The van der Waals surface area contributed by atoms with E-state index in [2.05, 4.69) is 40.3 Å². The molecule has 0 unspecified atom stereocenters. The van der Waals surface area contributed by atoms with Crippen LogP contribution in [0.2, 0.25) is 0 Å². The van der Waals surface area contributed by atoms with Crippen LogP contribution in [0.4, 0.5) is 0 Å². The molecule has 1 N–H and O–H groups in total. The lowest BCUT2D eigenvalue weighted by atomic mass is 9.82. The summed E-state index contributed by atoms with van der Waals surface area (Å²) < 4.78 is 6.11. The summed E-state index contributed by atoms with van der Waals surface area (Å²) in [5, 5.41) is 3.13. The van der Waals surface area contributed by atoms with Crippen LogP contribution in [-0.2, 0) is 16.1 Å². The molecule has 7 heteroatoms. The van der Waals surface area contributed by atoms with Gasteiger partial charge in [-0.3, -0.25) is 14.5 Å². The van der Waals surface area contributed by atoms with Gasteiger partial charge in [-0.1, -0.05) is 37.3 Å². The Morgan fingerprint density at radius 3 is 2.74 bits per heavy atom. The van der Waals surface area contributed by atoms with Gasteiger partial charge in [0.15, 0.2) is 0 Å². The molecule has 3 aliphatic rings. The standard InChI is InChI=1S/C28H42N4O3/c1-2-13-31-20-25-8-3-4-10-26(25)35-18-7-9-24-21-32(28(34)22-31)16-11-23(24)19-27(33)29-12-17-30-14-5-6-15-30/h3-4,7-10,23-24H,2,5-6,11-22H2,1H3,(H,29,33)/t23-,24-/m0/s1. The number of carbonyl (C=O) groups is 2. The third-order valence-corrected chi connectivity index (χ3v) is 7.54. The smallest absolute Gasteiger partial charge is 0.236 e. The normalized spacial score (nSPS) is 24.1. The first-order valence-electron chi connectivity index (χ1n) is 13.5. The van der Waals surface area contributed by atoms with E-state index in [1.54, 1.807) is 0 Å². The SMILES string of the molecule is CCCN1CC(=O)N2CC[C@@H](CC(=O)NCCN3CCCC3)[C@@H](C=CCOc3ccccc3C1)C2. The monoisotopic (exact) mass is 482 g/mol. The van der Waals surface area contributed by atoms with E-state index in [0.717, 1.165) is 63.4 Å². The highest BCUT2D eigenvalue weighted by Gasteiger charge is 2.32. The van der Waals surface area contributed by atoms with Crippen molar-refractivity contribution >= 4 is 11.8 Å². The summed E-state index contributed by atoms with van der Waals surface area (Å²) in [4.78, 5) is 32.6. The highest BCUT2D eigenvalue weighted by molar-refractivity contribution is 5.79. The first kappa shape index (κ1) is 25.7. The number of rotatable bonds is 7. The Morgan fingerprint density at radius 2 is 1.91 bits per heavy atom. The quantitative estimate of drug-likeness (QED) is 0.606. The fourth-order valence-electron chi connectivity index (χ4n) is 5.60. The molecule has 1 aromatic rings. The van der Waals surface area contributed by atoms with Gasteiger partial charge in [0.05, 0.1) is 6.54 Å². The lowest BCUT2D eigenvalue weighted by molar-refractivity contribution is -0.135. The fourth-order valence-corrected chi connectivity index (χ4v) is 5.60. The average molecular weight is 483 g/mol. The van der Waals surface area contributed by atoms with Crippen LogP contribution in [0.1, 0.15) is 44.6 Å². The van der Waals surface area contributed by atoms with Gasteiger partial charge < -0.3 is 19.9 Å². The summed E-state index contributed by atoms with van der Waals surface area (Å²) in [6.45, 7) is 9.99. The van der Waals surface area contributed by atoms with Gasteiger partial charge in [-0.15, -0.1) is 0 Å². The van der Waals surface area contributed by atoms with Crippen LogP contribution in [0.15, 0.2) is 36.4 Å². The van der Waals surface area contributed by atoms with Gasteiger partial charge in [0.1, 0.15) is 12.4 Å². The molecule has 2 saturated heterocycles. The number of benzene rings is 1. The zero-order chi connectivity index (χ0) is 24.5. The second-order valence-electron chi connectivity index (χ2n) is 10.2. The number of hydrogen-bond donors (Lipinski definition) is 1. The largest absolute Gasteiger partial charge is 0.489 e. The molecule has 4 rings (SSSR count). The van der Waals surface area contributed by atoms with Crippen molar-refractivity contribution in [1.82, 2.24) is 20.0 Å². The molecule has 2 amide bonds. The van der Waals surface area contributed by atoms with E-state index in [-0.39, 0.29) is 23.7 Å². The molecule has 1 aromatic carbocycles. The molecule has 7 nitrogen and oxygen atoms in total. The highest BCUT2D eigenvalue weighted by atomic mass is 16.5. The lowest BCUT2D eigenvalue weighted by Crippen LogP contribution is -2.48. The number of amides is 2. The van der Waals surface area contributed by atoms with Crippen molar-refractivity contribution in [3.8, 4) is 5.75 Å². The zero-order valence-electron chi connectivity index (χ0n) is 21.3. The Morgan fingerprint density at radius 1 is 1.09 bits per heavy atom. The van der Waals surface area contributed by atoms with E-state index < -0.39 is 0 Å². The number of fused-ring (bicyclic) bond motifs is 3. The number of piperidine rings is 1. The van der Waals surface area contributed by atoms with Crippen molar-refractivity contribution in [3.05, 3.63) is 42.0 Å². The predicted molar refractivity (Wildman–Crippen MR) is 138 cm³/mol.